The molecule has 0 saturated heterocycles. The van der Waals surface area contributed by atoms with Crippen molar-refractivity contribution in [2.45, 2.75) is 85.4 Å². The second kappa shape index (κ2) is 13.1. The molecule has 1 aromatic rings. The van der Waals surface area contributed by atoms with Gasteiger partial charge in [0.15, 0.2) is 0 Å². The van der Waals surface area contributed by atoms with Crippen LogP contribution in [-0.4, -0.2) is 52.6 Å². The molecular weight excluding hydrogens is 422 g/mol. The highest BCUT2D eigenvalue weighted by molar-refractivity contribution is 5.92. The van der Waals surface area contributed by atoms with Gasteiger partial charge in [0.1, 0.15) is 23.4 Å². The Morgan fingerprint density at radius 3 is 2.18 bits per heavy atom. The van der Waals surface area contributed by atoms with Gasteiger partial charge in [0.25, 0.3) is 0 Å². The van der Waals surface area contributed by atoms with Gasteiger partial charge >= 0.3 is 6.09 Å². The van der Waals surface area contributed by atoms with E-state index in [0.29, 0.717) is 18.5 Å². The molecule has 0 saturated carbocycles. The van der Waals surface area contributed by atoms with Crippen LogP contribution in [0.3, 0.4) is 0 Å². The van der Waals surface area contributed by atoms with E-state index in [2.05, 4.69) is 10.6 Å². The van der Waals surface area contributed by atoms with Crippen molar-refractivity contribution in [3.05, 3.63) is 29.8 Å². The third-order valence-electron chi connectivity index (χ3n) is 5.37. The summed E-state index contributed by atoms with van der Waals surface area (Å²) in [6.45, 7) is 13.7. The molecule has 0 fully saturated rings. The second-order valence-corrected chi connectivity index (χ2v) is 9.27. The summed E-state index contributed by atoms with van der Waals surface area (Å²) in [5.41, 5.74) is -0.122. The van der Waals surface area contributed by atoms with Crippen molar-refractivity contribution in [2.24, 2.45) is 5.92 Å². The zero-order valence-electron chi connectivity index (χ0n) is 21.1. The quantitative estimate of drug-likeness (QED) is 0.428. The predicted octanol–water partition coefficient (Wildman–Crippen LogP) is 4.14. The lowest BCUT2D eigenvalue weighted by molar-refractivity contribution is -0.143. The van der Waals surface area contributed by atoms with E-state index >= 15 is 0 Å². The van der Waals surface area contributed by atoms with Crippen LogP contribution in [0.25, 0.3) is 0 Å². The first-order valence-electron chi connectivity index (χ1n) is 11.8. The van der Waals surface area contributed by atoms with Gasteiger partial charge in [0.2, 0.25) is 11.8 Å². The van der Waals surface area contributed by atoms with Crippen LogP contribution in [0.5, 0.6) is 5.75 Å². The number of aromatic hydroxyl groups is 1. The van der Waals surface area contributed by atoms with E-state index in [4.69, 9.17) is 4.74 Å². The molecule has 3 unspecified atom stereocenters. The monoisotopic (exact) mass is 463 g/mol. The van der Waals surface area contributed by atoms with Crippen LogP contribution < -0.4 is 10.6 Å². The Morgan fingerprint density at radius 1 is 1.09 bits per heavy atom. The van der Waals surface area contributed by atoms with E-state index in [1.54, 1.807) is 39.8 Å². The molecule has 186 valence electrons. The lowest BCUT2D eigenvalue weighted by Gasteiger charge is -2.35. The Balaban J connectivity index is 3.30. The van der Waals surface area contributed by atoms with Crippen molar-refractivity contribution >= 4 is 17.9 Å². The van der Waals surface area contributed by atoms with Crippen LogP contribution in [0.4, 0.5) is 4.79 Å². The van der Waals surface area contributed by atoms with Crippen LogP contribution in [0, 0.1) is 5.92 Å². The molecule has 8 nitrogen and oxygen atoms in total. The molecule has 0 radical (unpaired) electrons. The number of phenols is 1. The van der Waals surface area contributed by atoms with Crippen molar-refractivity contribution in [1.29, 1.82) is 0 Å². The zero-order chi connectivity index (χ0) is 25.2. The minimum absolute atomic E-state index is 0.0716. The number of nitrogens with zero attached hydrogens (tertiary/aromatic N) is 1. The van der Waals surface area contributed by atoms with Gasteiger partial charge in [-0.2, -0.15) is 0 Å². The van der Waals surface area contributed by atoms with Crippen molar-refractivity contribution in [3.8, 4) is 5.75 Å². The van der Waals surface area contributed by atoms with Crippen molar-refractivity contribution in [2.75, 3.05) is 13.1 Å². The number of amides is 3. The third-order valence-corrected chi connectivity index (χ3v) is 5.37. The molecule has 0 aliphatic carbocycles. The number of likely N-dealkylation sites (N-methyl/N-ethyl adjacent to an activating group) is 1. The fraction of sp³-hybridized carbons (Fsp3) is 0.640. The molecule has 0 aliphatic heterocycles. The summed E-state index contributed by atoms with van der Waals surface area (Å²) >= 11 is 0. The first-order chi connectivity index (χ1) is 15.4. The molecule has 0 aliphatic rings. The average molecular weight is 464 g/mol. The van der Waals surface area contributed by atoms with E-state index in [0.717, 1.165) is 12.8 Å². The number of alkyl carbamates (subject to hydrolysis) is 1. The first-order valence-corrected chi connectivity index (χ1v) is 11.8. The molecular formula is C25H41N3O5. The maximum atomic E-state index is 13.7. The smallest absolute Gasteiger partial charge is 0.408 e. The molecule has 1 aromatic carbocycles. The van der Waals surface area contributed by atoms with Gasteiger partial charge in [-0.1, -0.05) is 45.7 Å². The summed E-state index contributed by atoms with van der Waals surface area (Å²) in [5, 5.41) is 15.3. The van der Waals surface area contributed by atoms with Gasteiger partial charge in [-0.15, -0.1) is 0 Å². The van der Waals surface area contributed by atoms with E-state index < -0.39 is 23.8 Å². The van der Waals surface area contributed by atoms with Crippen molar-refractivity contribution < 1.29 is 24.2 Å². The second-order valence-electron chi connectivity index (χ2n) is 9.27. The largest absolute Gasteiger partial charge is 0.508 e. The molecule has 0 spiro atoms. The maximum Gasteiger partial charge on any atom is 0.408 e. The van der Waals surface area contributed by atoms with E-state index in [9.17, 15) is 19.5 Å². The summed E-state index contributed by atoms with van der Waals surface area (Å²) in [5.74, 6) is -0.768. The third kappa shape index (κ3) is 8.94. The molecule has 0 aromatic heterocycles. The van der Waals surface area contributed by atoms with Gasteiger partial charge in [-0.25, -0.2) is 4.79 Å². The Kier molecular flexibility index (Phi) is 11.2. The summed E-state index contributed by atoms with van der Waals surface area (Å²) in [4.78, 5) is 40.9. The van der Waals surface area contributed by atoms with Crippen LogP contribution in [0.1, 0.15) is 79.3 Å². The number of benzene rings is 1. The number of rotatable bonds is 11. The summed E-state index contributed by atoms with van der Waals surface area (Å²) < 4.78 is 5.37. The number of carbonyl (C=O) groups excluding carboxylic acids is 3. The molecule has 0 bridgehead atoms. The Hall–Kier alpha value is -2.77. The Labute approximate surface area is 198 Å². The van der Waals surface area contributed by atoms with E-state index in [1.807, 2.05) is 20.8 Å². The van der Waals surface area contributed by atoms with Gasteiger partial charge in [0.05, 0.1) is 0 Å². The fourth-order valence-corrected chi connectivity index (χ4v) is 3.38. The average Bonchev–Trinajstić information content (AvgIpc) is 2.74. The fourth-order valence-electron chi connectivity index (χ4n) is 3.38. The normalized spacial score (nSPS) is 14.0. The predicted molar refractivity (Wildman–Crippen MR) is 129 cm³/mol. The van der Waals surface area contributed by atoms with Crippen LogP contribution in [0.15, 0.2) is 24.3 Å². The van der Waals surface area contributed by atoms with Gasteiger partial charge in [-0.05, 0) is 57.7 Å². The lowest BCUT2D eigenvalue weighted by atomic mass is 9.95. The van der Waals surface area contributed by atoms with Gasteiger partial charge in [-0.3, -0.25) is 9.59 Å². The van der Waals surface area contributed by atoms with Crippen LogP contribution in [0.2, 0.25) is 0 Å². The number of carbonyl (C=O) groups is 3. The summed E-state index contributed by atoms with van der Waals surface area (Å²) in [6.07, 6.45) is 1.72. The molecule has 3 amide bonds. The summed E-state index contributed by atoms with van der Waals surface area (Å²) in [7, 11) is 0. The molecule has 0 heterocycles. The molecule has 3 N–H and O–H groups in total. The van der Waals surface area contributed by atoms with Crippen LogP contribution in [-0.2, 0) is 14.3 Å². The minimum atomic E-state index is -0.896. The Bertz CT molecular complexity index is 773. The van der Waals surface area contributed by atoms with Crippen LogP contribution >= 0.6 is 0 Å². The molecule has 3 atom stereocenters. The zero-order valence-corrected chi connectivity index (χ0v) is 21.1. The highest BCUT2D eigenvalue weighted by Crippen LogP contribution is 2.26. The van der Waals surface area contributed by atoms with Gasteiger partial charge in [0, 0.05) is 13.1 Å². The Morgan fingerprint density at radius 2 is 1.70 bits per heavy atom. The SMILES string of the molecule is CCCCNC(=O)C(c1ccc(O)cc1)N(CC)C(=O)C(NC(=O)OC(C)(C)C)C(C)CC. The van der Waals surface area contributed by atoms with Gasteiger partial charge < -0.3 is 25.4 Å². The number of unbranched alkanes of at least 4 members (excludes halogenated alkanes) is 1. The first kappa shape index (κ1) is 28.3. The van der Waals surface area contributed by atoms with E-state index in [1.165, 1.54) is 17.0 Å². The van der Waals surface area contributed by atoms with Crippen molar-refractivity contribution in [3.63, 3.8) is 0 Å². The molecule has 1 rings (SSSR count). The van der Waals surface area contributed by atoms with Crippen molar-refractivity contribution in [1.82, 2.24) is 15.5 Å². The summed E-state index contributed by atoms with van der Waals surface area (Å²) in [6, 6.07) is 4.50. The minimum Gasteiger partial charge on any atom is -0.508 e. The number of nitrogens with one attached hydrogen (secondary N) is 2. The molecule has 33 heavy (non-hydrogen) atoms. The number of phenolic OH excluding ortho intramolecular Hbond substituents is 1. The number of hydrogen-bond acceptors (Lipinski definition) is 5. The topological polar surface area (TPSA) is 108 Å². The number of hydrogen-bond donors (Lipinski definition) is 3. The van der Waals surface area contributed by atoms with E-state index in [-0.39, 0.29) is 30.0 Å². The highest BCUT2D eigenvalue weighted by Gasteiger charge is 2.37. The standard InChI is InChI=1S/C25H41N3O5/c1-8-11-16-26-22(30)21(18-12-14-19(29)15-13-18)28(10-3)23(31)20(17(4)9-2)27-24(32)33-25(5,6)7/h12-15,17,20-21,29H,8-11,16H2,1-7H3,(H,26,30)(H,27,32). The maximum absolute atomic E-state index is 13.7. The number of ether oxygens (including phenoxy) is 1. The molecule has 8 heteroatoms. The lowest BCUT2D eigenvalue weighted by Crippen LogP contribution is -2.55. The highest BCUT2D eigenvalue weighted by atomic mass is 16.6.